The van der Waals surface area contributed by atoms with Crippen molar-refractivity contribution in [2.24, 2.45) is 0 Å². The largest absolute Gasteiger partial charge is 0.497 e. The van der Waals surface area contributed by atoms with Gasteiger partial charge in [0.05, 0.1) is 24.8 Å². The molecule has 1 heterocycles. The average molecular weight is 353 g/mol. The fourth-order valence-corrected chi connectivity index (χ4v) is 2.37. The molecule has 0 bridgehead atoms. The molecule has 3 rings (SSSR count). The van der Waals surface area contributed by atoms with Crippen LogP contribution in [0.2, 0.25) is 0 Å². The van der Waals surface area contributed by atoms with Gasteiger partial charge in [0.25, 0.3) is 5.56 Å². The minimum Gasteiger partial charge on any atom is -0.497 e. The number of anilines is 1. The Morgan fingerprint density at radius 3 is 2.58 bits per heavy atom. The molecule has 0 radical (unpaired) electrons. The number of ether oxygens (including phenoxy) is 1. The number of nitrogens with zero attached hydrogens (tertiary/aromatic N) is 2. The van der Waals surface area contributed by atoms with E-state index in [1.807, 2.05) is 0 Å². The van der Waals surface area contributed by atoms with Crippen LogP contribution in [0.5, 0.6) is 5.75 Å². The van der Waals surface area contributed by atoms with E-state index < -0.39 is 11.7 Å². The molecule has 3 aromatic rings. The molecule has 0 aliphatic rings. The van der Waals surface area contributed by atoms with Crippen molar-refractivity contribution >= 4 is 11.6 Å². The highest BCUT2D eigenvalue weighted by Crippen LogP contribution is 2.19. The molecule has 6 nitrogen and oxygen atoms in total. The molecular weight excluding hydrogens is 337 g/mol. The molecule has 1 amide bonds. The zero-order chi connectivity index (χ0) is 18.5. The number of carbonyl (C=O) groups is 1. The third kappa shape index (κ3) is 3.94. The molecule has 0 unspecified atom stereocenters. The van der Waals surface area contributed by atoms with Gasteiger partial charge in [-0.15, -0.1) is 0 Å². The van der Waals surface area contributed by atoms with Crippen molar-refractivity contribution in [1.29, 1.82) is 0 Å². The molecule has 0 saturated heterocycles. The normalized spacial score (nSPS) is 10.4. The van der Waals surface area contributed by atoms with Crippen molar-refractivity contribution in [3.8, 4) is 17.0 Å². The summed E-state index contributed by atoms with van der Waals surface area (Å²) in [4.78, 5) is 28.5. The van der Waals surface area contributed by atoms with Gasteiger partial charge < -0.3 is 10.1 Å². The van der Waals surface area contributed by atoms with E-state index in [0.717, 1.165) is 10.1 Å². The van der Waals surface area contributed by atoms with Crippen LogP contribution in [-0.4, -0.2) is 22.6 Å². The third-order valence-corrected chi connectivity index (χ3v) is 3.73. The minimum absolute atomic E-state index is 0.0633. The molecule has 0 aliphatic heterocycles. The summed E-state index contributed by atoms with van der Waals surface area (Å²) in [6.45, 7) is -0.261. The first-order valence-corrected chi connectivity index (χ1v) is 7.82. The lowest BCUT2D eigenvalue weighted by molar-refractivity contribution is -0.116. The second-order valence-electron chi connectivity index (χ2n) is 5.50. The van der Waals surface area contributed by atoms with Gasteiger partial charge in [-0.05, 0) is 36.4 Å². The standard InChI is InChI=1S/C19H16FN3O3/c1-26-14-8-6-13(7-9-14)17-10-19(25)23(12-21-17)11-18(24)22-16-5-3-2-4-15(16)20/h2-10,12H,11H2,1H3,(H,22,24). The van der Waals surface area contributed by atoms with Crippen LogP contribution in [0.4, 0.5) is 10.1 Å². The number of aromatic nitrogens is 2. The van der Waals surface area contributed by atoms with Crippen LogP contribution in [-0.2, 0) is 11.3 Å². The first-order chi connectivity index (χ1) is 12.6. The van der Waals surface area contributed by atoms with Gasteiger partial charge in [-0.1, -0.05) is 12.1 Å². The maximum absolute atomic E-state index is 13.6. The summed E-state index contributed by atoms with van der Waals surface area (Å²) in [6, 6.07) is 14.3. The fraction of sp³-hybridized carbons (Fsp3) is 0.105. The van der Waals surface area contributed by atoms with E-state index in [1.54, 1.807) is 37.4 Å². The quantitative estimate of drug-likeness (QED) is 0.765. The number of carbonyl (C=O) groups excluding carboxylic acids is 1. The number of para-hydroxylation sites is 1. The van der Waals surface area contributed by atoms with Crippen LogP contribution in [0.3, 0.4) is 0 Å². The van der Waals surface area contributed by atoms with Gasteiger partial charge in [0.15, 0.2) is 0 Å². The molecule has 26 heavy (non-hydrogen) atoms. The summed E-state index contributed by atoms with van der Waals surface area (Å²) >= 11 is 0. The monoisotopic (exact) mass is 353 g/mol. The van der Waals surface area contributed by atoms with Crippen molar-refractivity contribution in [2.75, 3.05) is 12.4 Å². The Hall–Kier alpha value is -3.48. The molecule has 1 aromatic heterocycles. The van der Waals surface area contributed by atoms with Crippen molar-refractivity contribution < 1.29 is 13.9 Å². The molecule has 0 atom stereocenters. The molecule has 0 aliphatic carbocycles. The summed E-state index contributed by atoms with van der Waals surface area (Å²) < 4.78 is 19.8. The lowest BCUT2D eigenvalue weighted by Crippen LogP contribution is -2.27. The summed E-state index contributed by atoms with van der Waals surface area (Å²) in [6.07, 6.45) is 1.29. The van der Waals surface area contributed by atoms with Crippen molar-refractivity contribution in [1.82, 2.24) is 9.55 Å². The van der Waals surface area contributed by atoms with Crippen LogP contribution >= 0.6 is 0 Å². The van der Waals surface area contributed by atoms with E-state index in [-0.39, 0.29) is 17.8 Å². The van der Waals surface area contributed by atoms with Crippen molar-refractivity contribution in [3.05, 3.63) is 77.1 Å². The van der Waals surface area contributed by atoms with Gasteiger partial charge in [0, 0.05) is 11.6 Å². The lowest BCUT2D eigenvalue weighted by Gasteiger charge is -2.09. The first kappa shape index (κ1) is 17.3. The number of methoxy groups -OCH3 is 1. The van der Waals surface area contributed by atoms with E-state index in [2.05, 4.69) is 10.3 Å². The van der Waals surface area contributed by atoms with E-state index in [4.69, 9.17) is 4.74 Å². The van der Waals surface area contributed by atoms with E-state index >= 15 is 0 Å². The van der Waals surface area contributed by atoms with Crippen LogP contribution in [0.15, 0.2) is 65.7 Å². The first-order valence-electron chi connectivity index (χ1n) is 7.82. The zero-order valence-corrected chi connectivity index (χ0v) is 14.0. The summed E-state index contributed by atoms with van der Waals surface area (Å²) in [5.41, 5.74) is 0.928. The molecule has 132 valence electrons. The third-order valence-electron chi connectivity index (χ3n) is 3.73. The highest BCUT2D eigenvalue weighted by Gasteiger charge is 2.09. The average Bonchev–Trinajstić information content (AvgIpc) is 2.65. The molecule has 1 N–H and O–H groups in total. The predicted molar refractivity (Wildman–Crippen MR) is 95.5 cm³/mol. The number of benzene rings is 2. The second-order valence-corrected chi connectivity index (χ2v) is 5.50. The summed E-state index contributed by atoms with van der Waals surface area (Å²) in [5.74, 6) is -0.357. The molecule has 0 saturated carbocycles. The van der Waals surface area contributed by atoms with Crippen LogP contribution in [0.25, 0.3) is 11.3 Å². The molecular formula is C19H16FN3O3. The van der Waals surface area contributed by atoms with Crippen molar-refractivity contribution in [3.63, 3.8) is 0 Å². The molecule has 2 aromatic carbocycles. The smallest absolute Gasteiger partial charge is 0.254 e. The molecule has 7 heteroatoms. The van der Waals surface area contributed by atoms with Crippen LogP contribution < -0.4 is 15.6 Å². The maximum Gasteiger partial charge on any atom is 0.254 e. The molecule has 0 spiro atoms. The molecule has 0 fully saturated rings. The topological polar surface area (TPSA) is 73.2 Å². The van der Waals surface area contributed by atoms with E-state index in [1.165, 1.54) is 30.6 Å². The Bertz CT molecular complexity index is 984. The van der Waals surface area contributed by atoms with Crippen LogP contribution in [0, 0.1) is 5.82 Å². The Kier molecular flexibility index (Phi) is 5.07. The Morgan fingerprint density at radius 1 is 1.19 bits per heavy atom. The highest BCUT2D eigenvalue weighted by molar-refractivity contribution is 5.90. The summed E-state index contributed by atoms with van der Waals surface area (Å²) in [7, 11) is 1.57. The number of nitrogens with one attached hydrogen (secondary N) is 1. The number of halogens is 1. The minimum atomic E-state index is -0.541. The van der Waals surface area contributed by atoms with E-state index in [9.17, 15) is 14.0 Å². The van der Waals surface area contributed by atoms with Crippen molar-refractivity contribution in [2.45, 2.75) is 6.54 Å². The van der Waals surface area contributed by atoms with Gasteiger partial charge in [0.2, 0.25) is 5.91 Å². The lowest BCUT2D eigenvalue weighted by atomic mass is 10.1. The van der Waals surface area contributed by atoms with Gasteiger partial charge in [-0.2, -0.15) is 0 Å². The fourth-order valence-electron chi connectivity index (χ4n) is 2.37. The Morgan fingerprint density at radius 2 is 1.92 bits per heavy atom. The highest BCUT2D eigenvalue weighted by atomic mass is 19.1. The van der Waals surface area contributed by atoms with Gasteiger partial charge in [0.1, 0.15) is 18.1 Å². The number of rotatable bonds is 5. The van der Waals surface area contributed by atoms with E-state index in [0.29, 0.717) is 11.4 Å². The number of hydrogen-bond acceptors (Lipinski definition) is 4. The number of hydrogen-bond donors (Lipinski definition) is 1. The predicted octanol–water partition coefficient (Wildman–Crippen LogP) is 2.70. The summed E-state index contributed by atoms with van der Waals surface area (Å²) in [5, 5.41) is 2.43. The Balaban J connectivity index is 1.74. The zero-order valence-electron chi connectivity index (χ0n) is 14.0. The SMILES string of the molecule is COc1ccc(-c2cc(=O)n(CC(=O)Nc3ccccc3F)cn2)cc1. The van der Waals surface area contributed by atoms with Gasteiger partial charge >= 0.3 is 0 Å². The van der Waals surface area contributed by atoms with Crippen LogP contribution in [0.1, 0.15) is 0 Å². The maximum atomic E-state index is 13.6. The van der Waals surface area contributed by atoms with Gasteiger partial charge in [-0.25, -0.2) is 9.37 Å². The van der Waals surface area contributed by atoms with Gasteiger partial charge in [-0.3, -0.25) is 14.2 Å². The second kappa shape index (κ2) is 7.60. The number of amides is 1. The Labute approximate surface area is 148 Å².